The van der Waals surface area contributed by atoms with Gasteiger partial charge in [-0.05, 0) is 77.4 Å². The number of nitrogens with zero attached hydrogens (tertiary/aromatic N) is 2. The van der Waals surface area contributed by atoms with Crippen LogP contribution in [-0.2, 0) is 0 Å². The van der Waals surface area contributed by atoms with Gasteiger partial charge in [0.05, 0.1) is 11.0 Å². The first-order valence-corrected chi connectivity index (χ1v) is 19.4. The summed E-state index contributed by atoms with van der Waals surface area (Å²) in [5, 5.41) is 14.4. The molecule has 2 N–H and O–H groups in total. The van der Waals surface area contributed by atoms with Crippen LogP contribution >= 0.6 is 0 Å². The maximum Gasteiger partial charge on any atom is 0.136 e. The molecule has 6 nitrogen and oxygen atoms in total. The van der Waals surface area contributed by atoms with Crippen LogP contribution in [0.4, 0.5) is 0 Å². The highest BCUT2D eigenvalue weighted by atomic mass is 16.3. The zero-order valence-electron chi connectivity index (χ0n) is 30.7. The van der Waals surface area contributed by atoms with Gasteiger partial charge in [0.25, 0.3) is 0 Å². The third kappa shape index (κ3) is 5.04. The van der Waals surface area contributed by atoms with Crippen molar-refractivity contribution in [2.45, 2.75) is 12.3 Å². The molecular weight excluding hydrogens is 701 g/mol. The minimum atomic E-state index is -0.290. The summed E-state index contributed by atoms with van der Waals surface area (Å²) in [6.07, 6.45) is -0.572. The fourth-order valence-corrected chi connectivity index (χ4v) is 8.92. The number of aliphatic imine (C=N–C) groups is 1. The van der Waals surface area contributed by atoms with Gasteiger partial charge in [0.2, 0.25) is 0 Å². The summed E-state index contributed by atoms with van der Waals surface area (Å²) in [6.45, 7) is 0. The second-order valence-electron chi connectivity index (χ2n) is 14.8. The van der Waals surface area contributed by atoms with E-state index in [1.165, 1.54) is 27.4 Å². The lowest BCUT2D eigenvalue weighted by Crippen LogP contribution is -2.45. The number of rotatable bonds is 5. The fourth-order valence-electron chi connectivity index (χ4n) is 8.92. The number of furan rings is 2. The van der Waals surface area contributed by atoms with Crippen molar-refractivity contribution in [2.24, 2.45) is 4.99 Å². The Kier molecular flexibility index (Phi) is 7.03. The molecule has 270 valence electrons. The Labute approximate surface area is 327 Å². The molecule has 2 atom stereocenters. The average molecular weight is 735 g/mol. The summed E-state index contributed by atoms with van der Waals surface area (Å²) in [4.78, 5) is 5.25. The number of amidine groups is 1. The summed E-state index contributed by atoms with van der Waals surface area (Å²) in [6, 6.07) is 63.8. The normalized spacial score (nSPS) is 15.9. The van der Waals surface area contributed by atoms with Crippen molar-refractivity contribution < 1.29 is 8.83 Å². The van der Waals surface area contributed by atoms with E-state index in [1.807, 2.05) is 24.3 Å². The van der Waals surface area contributed by atoms with Crippen LogP contribution in [0.1, 0.15) is 29.0 Å². The molecular formula is C51H34N4O2. The highest BCUT2D eigenvalue weighted by Crippen LogP contribution is 2.42. The zero-order chi connectivity index (χ0) is 37.5. The van der Waals surface area contributed by atoms with Gasteiger partial charge in [-0.1, -0.05) is 121 Å². The van der Waals surface area contributed by atoms with Crippen molar-refractivity contribution in [2.75, 3.05) is 0 Å². The van der Waals surface area contributed by atoms with Crippen LogP contribution in [0.25, 0.3) is 82.5 Å². The number of fused-ring (bicyclic) bond motifs is 9. The number of hydrogen-bond acceptors (Lipinski definition) is 5. The SMILES string of the molecule is c1ccc(C2N=C(c3ccc4c(c3)oc3ccccc34)NC(c3cccc4oc5ccc(-c6cccc7c6c6ccccc6n7-c6ccccc6)cc5c34)N2)cc1. The Hall–Kier alpha value is -7.41. The molecule has 0 fully saturated rings. The molecule has 8 aromatic carbocycles. The van der Waals surface area contributed by atoms with Crippen LogP contribution in [0, 0.1) is 0 Å². The molecule has 12 rings (SSSR count). The second kappa shape index (κ2) is 12.6. The Bertz CT molecular complexity index is 3370. The molecule has 6 heteroatoms. The van der Waals surface area contributed by atoms with Crippen LogP contribution in [-0.4, -0.2) is 10.4 Å². The number of aromatic nitrogens is 1. The van der Waals surface area contributed by atoms with E-state index in [4.69, 9.17) is 13.8 Å². The average Bonchev–Trinajstić information content (AvgIpc) is 3.96. The van der Waals surface area contributed by atoms with Gasteiger partial charge in [-0.2, -0.15) is 0 Å². The minimum absolute atomic E-state index is 0.283. The Morgan fingerprint density at radius 2 is 1.16 bits per heavy atom. The van der Waals surface area contributed by atoms with Crippen molar-refractivity contribution in [3.8, 4) is 16.8 Å². The van der Waals surface area contributed by atoms with Crippen LogP contribution < -0.4 is 10.6 Å². The van der Waals surface area contributed by atoms with Gasteiger partial charge < -0.3 is 18.7 Å². The molecule has 2 unspecified atom stereocenters. The van der Waals surface area contributed by atoms with E-state index in [1.54, 1.807) is 0 Å². The van der Waals surface area contributed by atoms with E-state index >= 15 is 0 Å². The first-order valence-electron chi connectivity index (χ1n) is 19.4. The lowest BCUT2D eigenvalue weighted by molar-refractivity contribution is 0.411. The van der Waals surface area contributed by atoms with E-state index in [0.29, 0.717) is 0 Å². The third-order valence-corrected chi connectivity index (χ3v) is 11.5. The fraction of sp³-hybridized carbons (Fsp3) is 0.0392. The molecule has 11 aromatic rings. The molecule has 0 aliphatic carbocycles. The molecule has 0 bridgehead atoms. The van der Waals surface area contributed by atoms with Gasteiger partial charge >= 0.3 is 0 Å². The summed E-state index contributed by atoms with van der Waals surface area (Å²) >= 11 is 0. The van der Waals surface area contributed by atoms with E-state index in [0.717, 1.165) is 77.7 Å². The molecule has 0 spiro atoms. The molecule has 4 heterocycles. The van der Waals surface area contributed by atoms with E-state index < -0.39 is 0 Å². The Morgan fingerprint density at radius 3 is 2.05 bits per heavy atom. The number of benzene rings is 8. The second-order valence-corrected chi connectivity index (χ2v) is 14.8. The van der Waals surface area contributed by atoms with Crippen molar-refractivity contribution >= 4 is 71.5 Å². The van der Waals surface area contributed by atoms with E-state index in [9.17, 15) is 0 Å². The standard InChI is InChI=1S/C51H34N4O2/c1-3-13-31(14-4-1)49-52-50(33-25-27-37-36-17-8-10-23-43(36)57-46(37)30-33)54-51(53-49)39-20-12-24-45-48(39)40-29-32(26-28-44(40)56-45)35-19-11-22-42-47(35)38-18-7-9-21-41(38)55(42)34-15-5-2-6-16-34/h1-30,49,51,53H,(H,52,54). The molecule has 0 saturated carbocycles. The first kappa shape index (κ1) is 31.9. The summed E-state index contributed by atoms with van der Waals surface area (Å²) in [5.74, 6) is 0.793. The van der Waals surface area contributed by atoms with Crippen molar-refractivity contribution in [1.82, 2.24) is 15.2 Å². The number of para-hydroxylation sites is 3. The topological polar surface area (TPSA) is 67.6 Å². The lowest BCUT2D eigenvalue weighted by atomic mass is 9.96. The van der Waals surface area contributed by atoms with Gasteiger partial charge in [0.15, 0.2) is 0 Å². The largest absolute Gasteiger partial charge is 0.456 e. The highest BCUT2D eigenvalue weighted by molar-refractivity contribution is 6.17. The van der Waals surface area contributed by atoms with Crippen molar-refractivity contribution in [1.29, 1.82) is 0 Å². The molecule has 1 aliphatic rings. The lowest BCUT2D eigenvalue weighted by Gasteiger charge is -2.32. The van der Waals surface area contributed by atoms with E-state index in [-0.39, 0.29) is 12.3 Å². The molecule has 57 heavy (non-hydrogen) atoms. The van der Waals surface area contributed by atoms with Crippen LogP contribution in [0.3, 0.4) is 0 Å². The predicted octanol–water partition coefficient (Wildman–Crippen LogP) is 12.6. The smallest absolute Gasteiger partial charge is 0.136 e. The molecule has 0 radical (unpaired) electrons. The molecule has 1 aliphatic heterocycles. The maximum absolute atomic E-state index is 6.59. The number of nitrogens with one attached hydrogen (secondary N) is 2. The summed E-state index contributed by atoms with van der Waals surface area (Å²) in [5.41, 5.74) is 12.3. The van der Waals surface area contributed by atoms with Gasteiger partial charge in [-0.3, -0.25) is 5.32 Å². The highest BCUT2D eigenvalue weighted by Gasteiger charge is 2.28. The minimum Gasteiger partial charge on any atom is -0.456 e. The molecule has 0 saturated heterocycles. The number of hydrogen-bond donors (Lipinski definition) is 2. The van der Waals surface area contributed by atoms with Crippen LogP contribution in [0.5, 0.6) is 0 Å². The van der Waals surface area contributed by atoms with Crippen molar-refractivity contribution in [3.05, 3.63) is 199 Å². The summed E-state index contributed by atoms with van der Waals surface area (Å²) < 4.78 is 15.3. The monoisotopic (exact) mass is 734 g/mol. The van der Waals surface area contributed by atoms with Gasteiger partial charge in [0, 0.05) is 49.1 Å². The van der Waals surface area contributed by atoms with Crippen LogP contribution in [0.2, 0.25) is 0 Å². The Morgan fingerprint density at radius 1 is 0.474 bits per heavy atom. The quantitative estimate of drug-likeness (QED) is 0.185. The van der Waals surface area contributed by atoms with Crippen molar-refractivity contribution in [3.63, 3.8) is 0 Å². The molecule has 3 aromatic heterocycles. The predicted molar refractivity (Wildman–Crippen MR) is 232 cm³/mol. The van der Waals surface area contributed by atoms with Gasteiger partial charge in [-0.25, -0.2) is 4.99 Å². The molecule has 0 amide bonds. The van der Waals surface area contributed by atoms with E-state index in [2.05, 4.69) is 173 Å². The maximum atomic E-state index is 6.59. The zero-order valence-corrected chi connectivity index (χ0v) is 30.7. The first-order chi connectivity index (χ1) is 28.2. The van der Waals surface area contributed by atoms with Gasteiger partial charge in [0.1, 0.15) is 40.5 Å². The van der Waals surface area contributed by atoms with Gasteiger partial charge in [-0.15, -0.1) is 0 Å². The third-order valence-electron chi connectivity index (χ3n) is 11.5. The van der Waals surface area contributed by atoms with Crippen LogP contribution in [0.15, 0.2) is 196 Å². The summed E-state index contributed by atoms with van der Waals surface area (Å²) in [7, 11) is 0. The Balaban J connectivity index is 1.01.